The number of carboxylic acid groups (broad SMARTS) is 1. The summed E-state index contributed by atoms with van der Waals surface area (Å²) in [6, 6.07) is 6.96. The monoisotopic (exact) mass is 334 g/mol. The molecule has 0 saturated carbocycles. The Labute approximate surface area is 136 Å². The number of hydrogen-bond acceptors (Lipinski definition) is 6. The third-order valence-corrected chi connectivity index (χ3v) is 3.80. The van der Waals surface area contributed by atoms with Gasteiger partial charge in [0, 0.05) is 12.6 Å². The van der Waals surface area contributed by atoms with E-state index in [2.05, 4.69) is 20.8 Å². The minimum absolute atomic E-state index is 0.150. The second-order valence-electron chi connectivity index (χ2n) is 4.65. The SMILES string of the molecule is CC(=O)Nc1ccc(/C=N/N=C2/NC(=O)C(CC(=O)O)S2)cc1. The van der Waals surface area contributed by atoms with Crippen LogP contribution in [0.4, 0.5) is 5.69 Å². The number of nitrogens with zero attached hydrogens (tertiary/aromatic N) is 2. The highest BCUT2D eigenvalue weighted by Crippen LogP contribution is 2.22. The summed E-state index contributed by atoms with van der Waals surface area (Å²) in [6.45, 7) is 1.43. The molecule has 0 spiro atoms. The summed E-state index contributed by atoms with van der Waals surface area (Å²) in [7, 11) is 0. The van der Waals surface area contributed by atoms with Crippen LogP contribution in [0.15, 0.2) is 34.5 Å². The molecule has 2 rings (SSSR count). The van der Waals surface area contributed by atoms with Crippen LogP contribution in [0, 0.1) is 0 Å². The number of hydrogen-bond donors (Lipinski definition) is 3. The van der Waals surface area contributed by atoms with E-state index in [0.717, 1.165) is 17.3 Å². The Bertz CT molecular complexity index is 685. The van der Waals surface area contributed by atoms with Gasteiger partial charge in [0.05, 0.1) is 12.6 Å². The highest BCUT2D eigenvalue weighted by Gasteiger charge is 2.32. The van der Waals surface area contributed by atoms with Crippen LogP contribution in [0.1, 0.15) is 18.9 Å². The van der Waals surface area contributed by atoms with Crippen LogP contribution in [-0.4, -0.2) is 39.5 Å². The zero-order valence-electron chi connectivity index (χ0n) is 12.1. The Morgan fingerprint density at radius 1 is 1.39 bits per heavy atom. The van der Waals surface area contributed by atoms with Crippen LogP contribution < -0.4 is 10.6 Å². The number of thioether (sulfide) groups is 1. The van der Waals surface area contributed by atoms with Gasteiger partial charge in [-0.15, -0.1) is 5.10 Å². The zero-order chi connectivity index (χ0) is 16.8. The summed E-state index contributed by atoms with van der Waals surface area (Å²) in [4.78, 5) is 33.0. The first-order chi connectivity index (χ1) is 10.9. The maximum Gasteiger partial charge on any atom is 0.305 e. The van der Waals surface area contributed by atoms with Crippen molar-refractivity contribution in [1.29, 1.82) is 0 Å². The first-order valence-corrected chi connectivity index (χ1v) is 7.50. The van der Waals surface area contributed by atoms with Crippen molar-refractivity contribution in [2.75, 3.05) is 5.32 Å². The molecule has 1 heterocycles. The second kappa shape index (κ2) is 7.54. The summed E-state index contributed by atoms with van der Waals surface area (Å²) in [5.41, 5.74) is 1.44. The number of carbonyl (C=O) groups excluding carboxylic acids is 2. The molecule has 0 bridgehead atoms. The van der Waals surface area contributed by atoms with Crippen molar-refractivity contribution in [3.8, 4) is 0 Å². The van der Waals surface area contributed by atoms with Gasteiger partial charge in [0.2, 0.25) is 11.8 Å². The quantitative estimate of drug-likeness (QED) is 0.549. The van der Waals surface area contributed by atoms with Crippen LogP contribution in [0.2, 0.25) is 0 Å². The van der Waals surface area contributed by atoms with Gasteiger partial charge in [-0.25, -0.2) is 0 Å². The van der Waals surface area contributed by atoms with Crippen LogP contribution in [0.3, 0.4) is 0 Å². The molecule has 0 aliphatic carbocycles. The minimum atomic E-state index is -1.04. The molecule has 0 radical (unpaired) electrons. The highest BCUT2D eigenvalue weighted by atomic mass is 32.2. The normalized spacial score (nSPS) is 19.1. The van der Waals surface area contributed by atoms with Crippen molar-refractivity contribution >= 4 is 46.6 Å². The van der Waals surface area contributed by atoms with Crippen molar-refractivity contribution in [3.63, 3.8) is 0 Å². The third kappa shape index (κ3) is 5.22. The van der Waals surface area contributed by atoms with Gasteiger partial charge >= 0.3 is 5.97 Å². The predicted octanol–water partition coefficient (Wildman–Crippen LogP) is 1.04. The van der Waals surface area contributed by atoms with Crippen LogP contribution in [0.25, 0.3) is 0 Å². The van der Waals surface area contributed by atoms with Gasteiger partial charge in [0.15, 0.2) is 5.17 Å². The van der Waals surface area contributed by atoms with Crippen molar-refractivity contribution in [3.05, 3.63) is 29.8 Å². The smallest absolute Gasteiger partial charge is 0.305 e. The predicted molar refractivity (Wildman–Crippen MR) is 87.5 cm³/mol. The number of rotatable bonds is 5. The number of nitrogens with one attached hydrogen (secondary N) is 2. The van der Waals surface area contributed by atoms with Gasteiger partial charge in [0.25, 0.3) is 0 Å². The van der Waals surface area contributed by atoms with E-state index in [1.165, 1.54) is 13.1 Å². The zero-order valence-corrected chi connectivity index (χ0v) is 13.0. The Balaban J connectivity index is 1.94. The van der Waals surface area contributed by atoms with E-state index in [1.807, 2.05) is 0 Å². The number of amides is 2. The molecular formula is C14H14N4O4S. The Morgan fingerprint density at radius 2 is 2.09 bits per heavy atom. The summed E-state index contributed by atoms with van der Waals surface area (Å²) in [5.74, 6) is -1.57. The van der Waals surface area contributed by atoms with Gasteiger partial charge in [-0.1, -0.05) is 23.9 Å². The first kappa shape index (κ1) is 16.7. The molecule has 1 aromatic rings. The number of carbonyl (C=O) groups is 3. The van der Waals surface area contributed by atoms with E-state index >= 15 is 0 Å². The van der Waals surface area contributed by atoms with Gasteiger partial charge < -0.3 is 15.7 Å². The molecule has 3 N–H and O–H groups in total. The Hall–Kier alpha value is -2.68. The van der Waals surface area contributed by atoms with Crippen molar-refractivity contribution in [2.45, 2.75) is 18.6 Å². The molecule has 1 unspecified atom stereocenters. The summed E-state index contributed by atoms with van der Waals surface area (Å²) in [5, 5.41) is 21.1. The van der Waals surface area contributed by atoms with E-state index in [1.54, 1.807) is 24.3 Å². The van der Waals surface area contributed by atoms with Gasteiger partial charge in [-0.05, 0) is 17.7 Å². The maximum atomic E-state index is 11.5. The van der Waals surface area contributed by atoms with E-state index in [-0.39, 0.29) is 23.4 Å². The molecule has 23 heavy (non-hydrogen) atoms. The lowest BCUT2D eigenvalue weighted by atomic mass is 10.2. The van der Waals surface area contributed by atoms with Crippen molar-refractivity contribution in [2.24, 2.45) is 10.2 Å². The van der Waals surface area contributed by atoms with Gasteiger partial charge in [-0.3, -0.25) is 14.4 Å². The fourth-order valence-corrected chi connectivity index (χ4v) is 2.66. The maximum absolute atomic E-state index is 11.5. The van der Waals surface area contributed by atoms with Crippen LogP contribution in [0.5, 0.6) is 0 Å². The molecule has 120 valence electrons. The topological polar surface area (TPSA) is 120 Å². The fourth-order valence-electron chi connectivity index (χ4n) is 1.75. The molecule has 1 aromatic carbocycles. The first-order valence-electron chi connectivity index (χ1n) is 6.62. The molecule has 1 atom stereocenters. The van der Waals surface area contributed by atoms with Crippen LogP contribution in [-0.2, 0) is 14.4 Å². The summed E-state index contributed by atoms with van der Waals surface area (Å²) < 4.78 is 0. The molecule has 9 heteroatoms. The fraction of sp³-hybridized carbons (Fsp3) is 0.214. The number of anilines is 1. The Morgan fingerprint density at radius 3 is 2.70 bits per heavy atom. The molecule has 1 aliphatic heterocycles. The average Bonchev–Trinajstić information content (AvgIpc) is 2.80. The lowest BCUT2D eigenvalue weighted by molar-refractivity contribution is -0.138. The van der Waals surface area contributed by atoms with Gasteiger partial charge in [-0.2, -0.15) is 5.10 Å². The van der Waals surface area contributed by atoms with E-state index in [4.69, 9.17) is 5.11 Å². The number of aliphatic carboxylic acids is 1. The van der Waals surface area contributed by atoms with Crippen molar-refractivity contribution in [1.82, 2.24) is 5.32 Å². The summed E-state index contributed by atoms with van der Waals surface area (Å²) >= 11 is 1.04. The van der Waals surface area contributed by atoms with Gasteiger partial charge in [0.1, 0.15) is 5.25 Å². The lowest BCUT2D eigenvalue weighted by Gasteiger charge is -2.01. The van der Waals surface area contributed by atoms with E-state index in [0.29, 0.717) is 5.69 Å². The standard InChI is InChI=1S/C14H14N4O4S/c1-8(19)16-10-4-2-9(3-5-10)7-15-18-14-17-13(22)11(23-14)6-12(20)21/h2-5,7,11H,6H2,1H3,(H,16,19)(H,20,21)(H,17,18,22)/b15-7+. The largest absolute Gasteiger partial charge is 0.481 e. The molecule has 1 aliphatic rings. The average molecular weight is 334 g/mol. The van der Waals surface area contributed by atoms with Crippen molar-refractivity contribution < 1.29 is 19.5 Å². The molecular weight excluding hydrogens is 320 g/mol. The third-order valence-electron chi connectivity index (χ3n) is 2.72. The Kier molecular flexibility index (Phi) is 5.47. The minimum Gasteiger partial charge on any atom is -0.481 e. The molecule has 1 fully saturated rings. The number of benzene rings is 1. The van der Waals surface area contributed by atoms with E-state index < -0.39 is 11.2 Å². The molecule has 2 amide bonds. The lowest BCUT2D eigenvalue weighted by Crippen LogP contribution is -2.26. The molecule has 8 nitrogen and oxygen atoms in total. The summed E-state index contributed by atoms with van der Waals surface area (Å²) in [6.07, 6.45) is 1.23. The highest BCUT2D eigenvalue weighted by molar-refractivity contribution is 8.15. The van der Waals surface area contributed by atoms with Crippen LogP contribution >= 0.6 is 11.8 Å². The second-order valence-corrected chi connectivity index (χ2v) is 5.84. The van der Waals surface area contributed by atoms with E-state index in [9.17, 15) is 14.4 Å². The molecule has 0 aromatic heterocycles. The number of carboxylic acids is 1. The molecule has 1 saturated heterocycles. The number of amidine groups is 1.